The first-order valence-corrected chi connectivity index (χ1v) is 8.02. The molecule has 1 saturated heterocycles. The van der Waals surface area contributed by atoms with Crippen LogP contribution in [-0.2, 0) is 16.1 Å². The summed E-state index contributed by atoms with van der Waals surface area (Å²) in [4.78, 5) is 30.4. The molecule has 6 nitrogen and oxygen atoms in total. The van der Waals surface area contributed by atoms with Crippen molar-refractivity contribution in [2.75, 3.05) is 6.54 Å². The zero-order valence-corrected chi connectivity index (χ0v) is 14.0. The molecule has 23 heavy (non-hydrogen) atoms. The Morgan fingerprint density at radius 1 is 1.35 bits per heavy atom. The molecule has 1 N–H and O–H groups in total. The fraction of sp³-hybridized carbons (Fsp3) is 0.588. The van der Waals surface area contributed by atoms with Gasteiger partial charge in [-0.1, -0.05) is 0 Å². The third-order valence-electron chi connectivity index (χ3n) is 3.59. The molecule has 0 radical (unpaired) electrons. The van der Waals surface area contributed by atoms with Crippen molar-refractivity contribution in [3.05, 3.63) is 30.1 Å². The van der Waals surface area contributed by atoms with E-state index in [0.717, 1.165) is 18.4 Å². The predicted molar refractivity (Wildman–Crippen MR) is 86.7 cm³/mol. The number of ether oxygens (including phenoxy) is 1. The number of aromatic nitrogens is 1. The van der Waals surface area contributed by atoms with Gasteiger partial charge in [0.05, 0.1) is 0 Å². The average molecular weight is 319 g/mol. The minimum Gasteiger partial charge on any atom is -0.444 e. The monoisotopic (exact) mass is 319 g/mol. The van der Waals surface area contributed by atoms with Crippen molar-refractivity contribution in [1.82, 2.24) is 15.2 Å². The second kappa shape index (κ2) is 7.44. The Morgan fingerprint density at radius 3 is 2.70 bits per heavy atom. The lowest BCUT2D eigenvalue weighted by atomic mass is 10.1. The van der Waals surface area contributed by atoms with E-state index < -0.39 is 17.7 Å². The van der Waals surface area contributed by atoms with Gasteiger partial charge in [-0.05, 0) is 57.7 Å². The summed E-state index contributed by atoms with van der Waals surface area (Å²) in [6.07, 6.45) is 5.37. The highest BCUT2D eigenvalue weighted by Crippen LogP contribution is 2.16. The van der Waals surface area contributed by atoms with E-state index in [2.05, 4.69) is 10.3 Å². The Balaban J connectivity index is 2.00. The van der Waals surface area contributed by atoms with E-state index in [1.54, 1.807) is 38.1 Å². The van der Waals surface area contributed by atoms with Gasteiger partial charge < -0.3 is 15.0 Å². The van der Waals surface area contributed by atoms with Gasteiger partial charge in [-0.25, -0.2) is 4.79 Å². The third kappa shape index (κ3) is 5.54. The number of amides is 2. The van der Waals surface area contributed by atoms with Gasteiger partial charge >= 0.3 is 6.09 Å². The van der Waals surface area contributed by atoms with E-state index in [4.69, 9.17) is 4.74 Å². The van der Waals surface area contributed by atoms with E-state index in [9.17, 15) is 9.59 Å². The van der Waals surface area contributed by atoms with Gasteiger partial charge in [0.15, 0.2) is 0 Å². The minimum atomic E-state index is -0.575. The number of hydrogen-bond donors (Lipinski definition) is 1. The smallest absolute Gasteiger partial charge is 0.408 e. The van der Waals surface area contributed by atoms with Gasteiger partial charge in [0.1, 0.15) is 11.6 Å². The maximum atomic E-state index is 12.7. The molecule has 0 aliphatic carbocycles. The Bertz CT molecular complexity index is 540. The maximum absolute atomic E-state index is 12.7. The van der Waals surface area contributed by atoms with Gasteiger partial charge in [0.2, 0.25) is 5.91 Å². The normalized spacial score (nSPS) is 19.2. The summed E-state index contributed by atoms with van der Waals surface area (Å²) in [5.41, 5.74) is 0.459. The summed E-state index contributed by atoms with van der Waals surface area (Å²) in [6, 6.07) is 3.28. The molecule has 0 bridgehead atoms. The second-order valence-electron chi connectivity index (χ2n) is 6.81. The molecule has 0 spiro atoms. The molecule has 1 fully saturated rings. The second-order valence-corrected chi connectivity index (χ2v) is 6.81. The van der Waals surface area contributed by atoms with Crippen LogP contribution in [0.3, 0.4) is 0 Å². The van der Waals surface area contributed by atoms with E-state index in [0.29, 0.717) is 19.5 Å². The summed E-state index contributed by atoms with van der Waals surface area (Å²) < 4.78 is 5.25. The summed E-state index contributed by atoms with van der Waals surface area (Å²) in [7, 11) is 0. The number of hydrogen-bond acceptors (Lipinski definition) is 4. The standard InChI is InChI=1S/C17H25N3O3/c1-17(2,3)23-16(22)19-14-6-4-5-11-20(15(14)21)12-13-7-9-18-10-8-13/h7-10,14H,4-6,11-12H2,1-3H3,(H,19,22)/t14-/m0/s1. The van der Waals surface area contributed by atoms with Gasteiger partial charge in [-0.15, -0.1) is 0 Å². The molecule has 2 rings (SSSR count). The van der Waals surface area contributed by atoms with Crippen LogP contribution >= 0.6 is 0 Å². The Labute approximate surface area is 137 Å². The van der Waals surface area contributed by atoms with E-state index >= 15 is 0 Å². The molecule has 126 valence electrons. The van der Waals surface area contributed by atoms with Crippen molar-refractivity contribution >= 4 is 12.0 Å². The van der Waals surface area contributed by atoms with Crippen LogP contribution < -0.4 is 5.32 Å². The van der Waals surface area contributed by atoms with Crippen LogP contribution in [0.1, 0.15) is 45.6 Å². The van der Waals surface area contributed by atoms with Crippen molar-refractivity contribution in [1.29, 1.82) is 0 Å². The third-order valence-corrected chi connectivity index (χ3v) is 3.59. The molecule has 1 aromatic heterocycles. The lowest BCUT2D eigenvalue weighted by Gasteiger charge is -2.26. The lowest BCUT2D eigenvalue weighted by molar-refractivity contribution is -0.133. The van der Waals surface area contributed by atoms with Gasteiger partial charge in [0, 0.05) is 25.5 Å². The first-order valence-electron chi connectivity index (χ1n) is 8.02. The molecule has 2 heterocycles. The average Bonchev–Trinajstić information content (AvgIpc) is 2.62. The molecule has 1 aliphatic heterocycles. The van der Waals surface area contributed by atoms with Crippen molar-refractivity contribution in [2.45, 2.75) is 58.2 Å². The highest BCUT2D eigenvalue weighted by Gasteiger charge is 2.29. The summed E-state index contributed by atoms with van der Waals surface area (Å²) in [5.74, 6) is -0.0508. The number of pyridine rings is 1. The van der Waals surface area contributed by atoms with Gasteiger partial charge in [-0.3, -0.25) is 9.78 Å². The maximum Gasteiger partial charge on any atom is 0.408 e. The summed E-state index contributed by atoms with van der Waals surface area (Å²) >= 11 is 0. The van der Waals surface area contributed by atoms with E-state index in [-0.39, 0.29) is 5.91 Å². The molecular formula is C17H25N3O3. The van der Waals surface area contributed by atoms with Crippen molar-refractivity contribution in [3.8, 4) is 0 Å². The van der Waals surface area contributed by atoms with Gasteiger partial charge in [-0.2, -0.15) is 0 Å². The SMILES string of the molecule is CC(C)(C)OC(=O)N[C@H]1CCCCN(Cc2ccncc2)C1=O. The quantitative estimate of drug-likeness (QED) is 0.929. The van der Waals surface area contributed by atoms with Crippen LogP contribution in [0.25, 0.3) is 0 Å². The first-order chi connectivity index (χ1) is 10.8. The first kappa shape index (κ1) is 17.2. The topological polar surface area (TPSA) is 71.5 Å². The molecular weight excluding hydrogens is 294 g/mol. The predicted octanol–water partition coefficient (Wildman–Crippen LogP) is 2.49. The van der Waals surface area contributed by atoms with Crippen LogP contribution in [0.5, 0.6) is 0 Å². The summed E-state index contributed by atoms with van der Waals surface area (Å²) in [6.45, 7) is 6.65. The molecule has 0 unspecified atom stereocenters. The molecule has 1 aliphatic rings. The number of rotatable bonds is 3. The largest absolute Gasteiger partial charge is 0.444 e. The molecule has 2 amide bonds. The molecule has 6 heteroatoms. The van der Waals surface area contributed by atoms with Crippen molar-refractivity contribution in [3.63, 3.8) is 0 Å². The highest BCUT2D eigenvalue weighted by molar-refractivity contribution is 5.86. The molecule has 0 saturated carbocycles. The Kier molecular flexibility index (Phi) is 5.58. The highest BCUT2D eigenvalue weighted by atomic mass is 16.6. The minimum absolute atomic E-state index is 0.0508. The Morgan fingerprint density at radius 2 is 2.04 bits per heavy atom. The molecule has 1 aromatic rings. The van der Waals surface area contributed by atoms with Crippen LogP contribution in [0, 0.1) is 0 Å². The molecule has 1 atom stereocenters. The number of alkyl carbamates (subject to hydrolysis) is 1. The lowest BCUT2D eigenvalue weighted by Crippen LogP contribution is -2.48. The summed E-state index contributed by atoms with van der Waals surface area (Å²) in [5, 5.41) is 2.72. The van der Waals surface area contributed by atoms with Crippen LogP contribution in [0.15, 0.2) is 24.5 Å². The number of nitrogens with one attached hydrogen (secondary N) is 1. The molecule has 0 aromatic carbocycles. The van der Waals surface area contributed by atoms with E-state index in [1.807, 2.05) is 12.1 Å². The zero-order valence-electron chi connectivity index (χ0n) is 14.0. The van der Waals surface area contributed by atoms with Crippen LogP contribution in [0.2, 0.25) is 0 Å². The number of carbonyl (C=O) groups is 2. The Hall–Kier alpha value is -2.11. The number of nitrogens with zero attached hydrogens (tertiary/aromatic N) is 2. The fourth-order valence-electron chi connectivity index (χ4n) is 2.55. The fourth-order valence-corrected chi connectivity index (χ4v) is 2.55. The van der Waals surface area contributed by atoms with Gasteiger partial charge in [0.25, 0.3) is 0 Å². The van der Waals surface area contributed by atoms with Crippen LogP contribution in [0.4, 0.5) is 4.79 Å². The number of carbonyl (C=O) groups excluding carboxylic acids is 2. The number of likely N-dealkylation sites (tertiary alicyclic amines) is 1. The van der Waals surface area contributed by atoms with Crippen molar-refractivity contribution in [2.24, 2.45) is 0 Å². The van der Waals surface area contributed by atoms with E-state index in [1.165, 1.54) is 0 Å². The van der Waals surface area contributed by atoms with Crippen LogP contribution in [-0.4, -0.2) is 40.1 Å². The van der Waals surface area contributed by atoms with Crippen molar-refractivity contribution < 1.29 is 14.3 Å². The zero-order chi connectivity index (χ0) is 16.9.